The predicted octanol–water partition coefficient (Wildman–Crippen LogP) is -2.67. The summed E-state index contributed by atoms with van der Waals surface area (Å²) in [4.78, 5) is 64.5. The number of aliphatic carboxylic acids is 2. The van der Waals surface area contributed by atoms with Crippen LogP contribution in [0.1, 0.15) is 26.0 Å². The molecule has 4 atom stereocenters. The van der Waals surface area contributed by atoms with E-state index in [1.807, 2.05) is 0 Å². The molecule has 0 aliphatic heterocycles. The van der Waals surface area contributed by atoms with Crippen molar-refractivity contribution in [2.75, 3.05) is 0 Å². The number of nitrogens with zero attached hydrogens (tertiary/aromatic N) is 1. The highest BCUT2D eigenvalue weighted by molar-refractivity contribution is 5.94. The molecular weight excluding hydrogens is 388 g/mol. The Bertz CT molecular complexity index is 751. The first-order chi connectivity index (χ1) is 13.5. The van der Waals surface area contributed by atoms with Crippen LogP contribution in [0.5, 0.6) is 0 Å². The molecule has 160 valence electrons. The number of H-pyrrole nitrogens is 1. The Hall–Kier alpha value is -3.48. The Labute approximate surface area is 165 Å². The average Bonchev–Trinajstić information content (AvgIpc) is 3.13. The van der Waals surface area contributed by atoms with Crippen LogP contribution < -0.4 is 21.7 Å². The Morgan fingerprint density at radius 2 is 1.59 bits per heavy atom. The lowest BCUT2D eigenvalue weighted by Crippen LogP contribution is -2.55. The maximum atomic E-state index is 12.2. The molecule has 0 spiro atoms. The second-order valence-corrected chi connectivity index (χ2v) is 6.35. The van der Waals surface area contributed by atoms with Gasteiger partial charge in [-0.15, -0.1) is 0 Å². The third-order valence-electron chi connectivity index (χ3n) is 3.83. The van der Waals surface area contributed by atoms with Crippen molar-refractivity contribution in [1.82, 2.24) is 25.9 Å². The van der Waals surface area contributed by atoms with Gasteiger partial charge in [0, 0.05) is 18.3 Å². The number of hydrogen-bond donors (Lipinski definition) is 7. The molecule has 0 aliphatic carbocycles. The van der Waals surface area contributed by atoms with E-state index in [1.165, 1.54) is 26.4 Å². The number of carboxylic acid groups (broad SMARTS) is 2. The molecule has 1 aromatic heterocycles. The van der Waals surface area contributed by atoms with Crippen LogP contribution in [-0.2, 0) is 30.4 Å². The summed E-state index contributed by atoms with van der Waals surface area (Å²) in [5.41, 5.74) is 5.91. The van der Waals surface area contributed by atoms with Crippen molar-refractivity contribution in [2.24, 2.45) is 5.73 Å². The summed E-state index contributed by atoms with van der Waals surface area (Å²) in [7, 11) is 0. The quantitative estimate of drug-likeness (QED) is 0.201. The van der Waals surface area contributed by atoms with Gasteiger partial charge < -0.3 is 36.9 Å². The normalized spacial score (nSPS) is 14.7. The molecule has 1 heterocycles. The number of carbonyl (C=O) groups is 5. The number of amides is 3. The Morgan fingerprint density at radius 1 is 1.03 bits per heavy atom. The van der Waals surface area contributed by atoms with E-state index in [1.54, 1.807) is 0 Å². The minimum atomic E-state index is -1.33. The Morgan fingerprint density at radius 3 is 2.07 bits per heavy atom. The monoisotopic (exact) mass is 412 g/mol. The van der Waals surface area contributed by atoms with Gasteiger partial charge in [-0.3, -0.25) is 19.2 Å². The van der Waals surface area contributed by atoms with Crippen LogP contribution in [0.15, 0.2) is 12.5 Å². The van der Waals surface area contributed by atoms with Gasteiger partial charge in [-0.25, -0.2) is 9.78 Å². The highest BCUT2D eigenvalue weighted by Crippen LogP contribution is 2.00. The van der Waals surface area contributed by atoms with Gasteiger partial charge in [-0.1, -0.05) is 0 Å². The van der Waals surface area contributed by atoms with E-state index in [9.17, 15) is 29.1 Å². The van der Waals surface area contributed by atoms with Crippen molar-refractivity contribution in [2.45, 2.75) is 50.9 Å². The molecule has 29 heavy (non-hydrogen) atoms. The number of rotatable bonds is 11. The molecule has 0 aromatic carbocycles. The number of carbonyl (C=O) groups excluding carboxylic acids is 3. The van der Waals surface area contributed by atoms with Crippen molar-refractivity contribution in [3.8, 4) is 0 Å². The molecule has 3 amide bonds. The molecule has 0 bridgehead atoms. The molecular formula is C16H24N6O7. The van der Waals surface area contributed by atoms with Crippen LogP contribution in [-0.4, -0.2) is 74.0 Å². The van der Waals surface area contributed by atoms with E-state index in [4.69, 9.17) is 10.8 Å². The first-order valence-electron chi connectivity index (χ1n) is 8.59. The lowest BCUT2D eigenvalue weighted by Gasteiger charge is -2.21. The zero-order chi connectivity index (χ0) is 22.1. The topological polar surface area (TPSA) is 217 Å². The molecule has 1 aromatic rings. The SMILES string of the molecule is CC(NC(=O)C(N)CC(=O)O)C(=O)NC(C)C(=O)NC(Cc1cnc[nH]1)C(=O)O. The van der Waals surface area contributed by atoms with Gasteiger partial charge in [0.15, 0.2) is 0 Å². The Balaban J connectivity index is 2.57. The summed E-state index contributed by atoms with van der Waals surface area (Å²) < 4.78 is 0. The molecule has 0 aliphatic rings. The minimum Gasteiger partial charge on any atom is -0.481 e. The number of carboxylic acids is 2. The molecule has 13 nitrogen and oxygen atoms in total. The van der Waals surface area contributed by atoms with E-state index in [2.05, 4.69) is 25.9 Å². The van der Waals surface area contributed by atoms with Crippen LogP contribution in [0.2, 0.25) is 0 Å². The highest BCUT2D eigenvalue weighted by atomic mass is 16.4. The lowest BCUT2D eigenvalue weighted by atomic mass is 10.1. The maximum absolute atomic E-state index is 12.2. The van der Waals surface area contributed by atoms with E-state index in [0.717, 1.165) is 0 Å². The molecule has 13 heteroatoms. The summed E-state index contributed by atoms with van der Waals surface area (Å²) >= 11 is 0. The summed E-state index contributed by atoms with van der Waals surface area (Å²) in [6.07, 6.45) is 2.16. The molecule has 1 rings (SSSR count). The van der Waals surface area contributed by atoms with Crippen LogP contribution in [0, 0.1) is 0 Å². The standard InChI is InChI=1S/C16H24N6O7/c1-7(21-15(27)10(17)4-12(23)24)13(25)20-8(2)14(26)22-11(16(28)29)3-9-5-18-6-19-9/h5-8,10-11H,3-4,17H2,1-2H3,(H,18,19)(H,20,25)(H,21,27)(H,22,26)(H,23,24)(H,28,29). The minimum absolute atomic E-state index is 0.0321. The zero-order valence-electron chi connectivity index (χ0n) is 15.8. The van der Waals surface area contributed by atoms with E-state index < -0.39 is 60.2 Å². The first-order valence-corrected chi connectivity index (χ1v) is 8.59. The van der Waals surface area contributed by atoms with Crippen LogP contribution in [0.4, 0.5) is 0 Å². The summed E-state index contributed by atoms with van der Waals surface area (Å²) in [6, 6.07) is -4.77. The zero-order valence-corrected chi connectivity index (χ0v) is 15.8. The van der Waals surface area contributed by atoms with E-state index in [-0.39, 0.29) is 6.42 Å². The Kier molecular flexibility index (Phi) is 8.73. The van der Waals surface area contributed by atoms with Gasteiger partial charge in [-0.2, -0.15) is 0 Å². The second kappa shape index (κ2) is 10.8. The largest absolute Gasteiger partial charge is 0.481 e. The van der Waals surface area contributed by atoms with Crippen molar-refractivity contribution in [1.29, 1.82) is 0 Å². The van der Waals surface area contributed by atoms with Gasteiger partial charge in [0.05, 0.1) is 18.8 Å². The fourth-order valence-electron chi connectivity index (χ4n) is 2.18. The second-order valence-electron chi connectivity index (χ2n) is 6.35. The molecule has 0 radical (unpaired) electrons. The average molecular weight is 412 g/mol. The number of nitrogens with two attached hydrogens (primary N) is 1. The lowest BCUT2D eigenvalue weighted by molar-refractivity contribution is -0.142. The van der Waals surface area contributed by atoms with Crippen molar-refractivity contribution >= 4 is 29.7 Å². The van der Waals surface area contributed by atoms with Crippen molar-refractivity contribution < 1.29 is 34.2 Å². The molecule has 8 N–H and O–H groups in total. The molecule has 0 saturated carbocycles. The highest BCUT2D eigenvalue weighted by Gasteiger charge is 2.27. The predicted molar refractivity (Wildman–Crippen MR) is 97.3 cm³/mol. The smallest absolute Gasteiger partial charge is 0.326 e. The summed E-state index contributed by atoms with van der Waals surface area (Å²) in [5, 5.41) is 24.7. The van der Waals surface area contributed by atoms with Crippen molar-refractivity contribution in [3.63, 3.8) is 0 Å². The van der Waals surface area contributed by atoms with E-state index in [0.29, 0.717) is 5.69 Å². The third-order valence-corrected chi connectivity index (χ3v) is 3.83. The number of imidazole rings is 1. The van der Waals surface area contributed by atoms with Gasteiger partial charge in [0.2, 0.25) is 17.7 Å². The number of hydrogen-bond acceptors (Lipinski definition) is 7. The third kappa shape index (κ3) is 7.96. The van der Waals surface area contributed by atoms with Crippen LogP contribution >= 0.6 is 0 Å². The van der Waals surface area contributed by atoms with Crippen molar-refractivity contribution in [3.05, 3.63) is 18.2 Å². The number of aromatic nitrogens is 2. The van der Waals surface area contributed by atoms with Gasteiger partial charge >= 0.3 is 11.9 Å². The summed E-state index contributed by atoms with van der Waals surface area (Å²) in [6.45, 7) is 2.66. The summed E-state index contributed by atoms with van der Waals surface area (Å²) in [5.74, 6) is -4.84. The van der Waals surface area contributed by atoms with Gasteiger partial charge in [-0.05, 0) is 13.8 Å². The number of aromatic amines is 1. The number of nitrogens with one attached hydrogen (secondary N) is 4. The van der Waals surface area contributed by atoms with Gasteiger partial charge in [0.25, 0.3) is 0 Å². The fraction of sp³-hybridized carbons (Fsp3) is 0.500. The maximum Gasteiger partial charge on any atom is 0.326 e. The van der Waals surface area contributed by atoms with Crippen LogP contribution in [0.3, 0.4) is 0 Å². The fourth-order valence-corrected chi connectivity index (χ4v) is 2.18. The molecule has 4 unspecified atom stereocenters. The molecule has 0 saturated heterocycles. The molecule has 0 fully saturated rings. The first kappa shape index (κ1) is 23.6. The van der Waals surface area contributed by atoms with Crippen LogP contribution in [0.25, 0.3) is 0 Å². The van der Waals surface area contributed by atoms with Gasteiger partial charge in [0.1, 0.15) is 18.1 Å². The van der Waals surface area contributed by atoms with E-state index >= 15 is 0 Å².